The van der Waals surface area contributed by atoms with E-state index in [0.29, 0.717) is 6.04 Å². The third kappa shape index (κ3) is 6.73. The number of likely N-dealkylation sites (tertiary alicyclic amines) is 1. The summed E-state index contributed by atoms with van der Waals surface area (Å²) in [7, 11) is 3.54. The van der Waals surface area contributed by atoms with Gasteiger partial charge in [-0.3, -0.25) is 9.89 Å². The van der Waals surface area contributed by atoms with Crippen molar-refractivity contribution in [2.45, 2.75) is 44.7 Å². The number of unbranched alkanes of at least 4 members (excludes halogenated alkanes) is 1. The Bertz CT molecular complexity index is 739. The van der Waals surface area contributed by atoms with E-state index in [4.69, 9.17) is 4.74 Å². The van der Waals surface area contributed by atoms with Crippen molar-refractivity contribution in [1.82, 2.24) is 30.3 Å². The molecular weight excluding hydrogens is 378 g/mol. The molecule has 8 nitrogen and oxygen atoms in total. The summed E-state index contributed by atoms with van der Waals surface area (Å²) in [6.45, 7) is 4.95. The second-order valence-electron chi connectivity index (χ2n) is 7.67. The molecule has 1 fully saturated rings. The van der Waals surface area contributed by atoms with Gasteiger partial charge in [0, 0.05) is 26.7 Å². The fraction of sp³-hybridized carbons (Fsp3) is 0.591. The number of hydrogen-bond donors (Lipinski definition) is 2. The first-order chi connectivity index (χ1) is 14.8. The number of ether oxygens (including phenoxy) is 1. The van der Waals surface area contributed by atoms with Crippen molar-refractivity contribution in [1.29, 1.82) is 0 Å². The van der Waals surface area contributed by atoms with Crippen molar-refractivity contribution in [3.63, 3.8) is 0 Å². The Labute approximate surface area is 179 Å². The fourth-order valence-corrected chi connectivity index (χ4v) is 3.89. The number of aliphatic imine (C=N–C) groups is 1. The molecule has 2 heterocycles. The van der Waals surface area contributed by atoms with Gasteiger partial charge in [-0.05, 0) is 56.5 Å². The summed E-state index contributed by atoms with van der Waals surface area (Å²) in [6, 6.07) is 8.79. The van der Waals surface area contributed by atoms with Crippen LogP contribution in [0.4, 0.5) is 0 Å². The Morgan fingerprint density at radius 2 is 1.80 bits per heavy atom. The van der Waals surface area contributed by atoms with Crippen LogP contribution in [0.25, 0.3) is 0 Å². The second-order valence-corrected chi connectivity index (χ2v) is 7.67. The van der Waals surface area contributed by atoms with Gasteiger partial charge < -0.3 is 19.9 Å². The van der Waals surface area contributed by atoms with Crippen LogP contribution in [0.5, 0.6) is 5.75 Å². The van der Waals surface area contributed by atoms with E-state index in [1.165, 1.54) is 24.8 Å². The quantitative estimate of drug-likeness (QED) is 0.354. The first kappa shape index (κ1) is 22.1. The van der Waals surface area contributed by atoms with Gasteiger partial charge in [0.1, 0.15) is 18.4 Å². The zero-order valence-corrected chi connectivity index (χ0v) is 18.3. The normalized spacial score (nSPS) is 16.3. The fourth-order valence-electron chi connectivity index (χ4n) is 3.89. The summed E-state index contributed by atoms with van der Waals surface area (Å²) in [6.07, 6.45) is 9.52. The maximum atomic E-state index is 5.33. The summed E-state index contributed by atoms with van der Waals surface area (Å²) >= 11 is 0. The van der Waals surface area contributed by atoms with E-state index >= 15 is 0 Å². The number of rotatable bonds is 10. The highest BCUT2D eigenvalue weighted by molar-refractivity contribution is 5.79. The standard InChI is InChI=1S/C22H35N7O/c1-23-22(24-12-4-7-13-28-17-26-27-18-28)25-16-21(29-14-5-3-6-15-29)19-8-10-20(30-2)11-9-19/h8-11,17-18,21H,3-7,12-16H2,1-2H3,(H2,23,24,25). The Morgan fingerprint density at radius 3 is 2.47 bits per heavy atom. The largest absolute Gasteiger partial charge is 0.497 e. The van der Waals surface area contributed by atoms with Crippen LogP contribution in [-0.4, -0.2) is 66.0 Å². The van der Waals surface area contributed by atoms with Crippen LogP contribution in [0, 0.1) is 0 Å². The van der Waals surface area contributed by atoms with Crippen molar-refractivity contribution in [3.8, 4) is 5.75 Å². The van der Waals surface area contributed by atoms with Crippen LogP contribution < -0.4 is 15.4 Å². The molecule has 0 saturated carbocycles. The van der Waals surface area contributed by atoms with Crippen LogP contribution in [0.3, 0.4) is 0 Å². The molecule has 0 aliphatic carbocycles. The summed E-state index contributed by atoms with van der Waals surface area (Å²) in [4.78, 5) is 6.99. The molecule has 164 valence electrons. The van der Waals surface area contributed by atoms with E-state index in [-0.39, 0.29) is 0 Å². The molecule has 1 aliphatic rings. The molecule has 0 bridgehead atoms. The molecule has 1 aliphatic heterocycles. The van der Waals surface area contributed by atoms with Gasteiger partial charge >= 0.3 is 0 Å². The maximum Gasteiger partial charge on any atom is 0.191 e. The molecule has 1 saturated heterocycles. The van der Waals surface area contributed by atoms with Crippen molar-refractivity contribution in [3.05, 3.63) is 42.5 Å². The van der Waals surface area contributed by atoms with Gasteiger partial charge in [0.05, 0.1) is 13.2 Å². The van der Waals surface area contributed by atoms with Gasteiger partial charge in [-0.2, -0.15) is 0 Å². The highest BCUT2D eigenvalue weighted by Crippen LogP contribution is 2.25. The zero-order chi connectivity index (χ0) is 21.0. The third-order valence-corrected chi connectivity index (χ3v) is 5.62. The molecule has 0 radical (unpaired) electrons. The lowest BCUT2D eigenvalue weighted by atomic mass is 10.0. The highest BCUT2D eigenvalue weighted by atomic mass is 16.5. The van der Waals surface area contributed by atoms with Crippen LogP contribution in [-0.2, 0) is 6.54 Å². The summed E-state index contributed by atoms with van der Waals surface area (Å²) in [5, 5.41) is 14.6. The van der Waals surface area contributed by atoms with Crippen molar-refractivity contribution in [2.24, 2.45) is 4.99 Å². The van der Waals surface area contributed by atoms with Crippen molar-refractivity contribution < 1.29 is 4.74 Å². The molecule has 1 atom stereocenters. The number of benzene rings is 1. The zero-order valence-electron chi connectivity index (χ0n) is 18.3. The lowest BCUT2D eigenvalue weighted by Crippen LogP contribution is -2.44. The van der Waals surface area contributed by atoms with Gasteiger partial charge in [0.15, 0.2) is 5.96 Å². The van der Waals surface area contributed by atoms with Crippen molar-refractivity contribution >= 4 is 5.96 Å². The summed E-state index contributed by atoms with van der Waals surface area (Å²) in [5.41, 5.74) is 1.31. The second kappa shape index (κ2) is 12.2. The summed E-state index contributed by atoms with van der Waals surface area (Å²) < 4.78 is 7.34. The number of nitrogens with one attached hydrogen (secondary N) is 2. The predicted octanol–water partition coefficient (Wildman–Crippen LogP) is 2.46. The minimum absolute atomic E-state index is 0.323. The summed E-state index contributed by atoms with van der Waals surface area (Å²) in [5.74, 6) is 1.75. The smallest absolute Gasteiger partial charge is 0.191 e. The predicted molar refractivity (Wildman–Crippen MR) is 120 cm³/mol. The van der Waals surface area contributed by atoms with E-state index in [1.807, 2.05) is 11.6 Å². The number of aryl methyl sites for hydroxylation is 1. The van der Waals surface area contributed by atoms with Crippen LogP contribution in [0.2, 0.25) is 0 Å². The molecule has 0 amide bonds. The lowest BCUT2D eigenvalue weighted by molar-refractivity contribution is 0.164. The van der Waals surface area contributed by atoms with Crippen molar-refractivity contribution in [2.75, 3.05) is 40.3 Å². The van der Waals surface area contributed by atoms with Gasteiger partial charge in [-0.25, -0.2) is 0 Å². The first-order valence-corrected chi connectivity index (χ1v) is 10.9. The van der Waals surface area contributed by atoms with E-state index in [0.717, 1.165) is 57.3 Å². The Kier molecular flexibility index (Phi) is 8.96. The van der Waals surface area contributed by atoms with E-state index in [1.54, 1.807) is 19.8 Å². The average Bonchev–Trinajstić information content (AvgIpc) is 3.32. The molecule has 1 aromatic carbocycles. The first-order valence-electron chi connectivity index (χ1n) is 10.9. The van der Waals surface area contributed by atoms with Gasteiger partial charge in [0.25, 0.3) is 0 Å². The Hall–Kier alpha value is -2.61. The van der Waals surface area contributed by atoms with E-state index in [2.05, 4.69) is 55.0 Å². The molecule has 3 rings (SSSR count). The molecule has 30 heavy (non-hydrogen) atoms. The molecule has 0 spiro atoms. The lowest BCUT2D eigenvalue weighted by Gasteiger charge is -2.35. The number of nitrogens with zero attached hydrogens (tertiary/aromatic N) is 5. The van der Waals surface area contributed by atoms with Crippen LogP contribution in [0.15, 0.2) is 41.9 Å². The minimum atomic E-state index is 0.323. The third-order valence-electron chi connectivity index (χ3n) is 5.62. The average molecular weight is 414 g/mol. The highest BCUT2D eigenvalue weighted by Gasteiger charge is 2.22. The number of guanidine groups is 1. The van der Waals surface area contributed by atoms with Crippen LogP contribution >= 0.6 is 0 Å². The monoisotopic (exact) mass is 413 g/mol. The maximum absolute atomic E-state index is 5.33. The van der Waals surface area contributed by atoms with Crippen LogP contribution in [0.1, 0.15) is 43.7 Å². The number of hydrogen-bond acceptors (Lipinski definition) is 5. The minimum Gasteiger partial charge on any atom is -0.497 e. The SMILES string of the molecule is CN=C(NCCCCn1cnnc1)NCC(c1ccc(OC)cc1)N1CCCCC1. The molecular formula is C22H35N7O. The topological polar surface area (TPSA) is 79.6 Å². The van der Waals surface area contributed by atoms with E-state index in [9.17, 15) is 0 Å². The van der Waals surface area contributed by atoms with E-state index < -0.39 is 0 Å². The number of methoxy groups -OCH3 is 1. The number of piperidine rings is 1. The van der Waals surface area contributed by atoms with Gasteiger partial charge in [-0.15, -0.1) is 10.2 Å². The molecule has 8 heteroatoms. The molecule has 2 aromatic rings. The van der Waals surface area contributed by atoms with Gasteiger partial charge in [0.2, 0.25) is 0 Å². The molecule has 2 N–H and O–H groups in total. The molecule has 1 aromatic heterocycles. The molecule has 1 unspecified atom stereocenters. The van der Waals surface area contributed by atoms with Gasteiger partial charge in [-0.1, -0.05) is 18.6 Å². The Balaban J connectivity index is 1.49. The number of aromatic nitrogens is 3. The Morgan fingerprint density at radius 1 is 1.07 bits per heavy atom.